The Labute approximate surface area is 144 Å². The van der Waals surface area contributed by atoms with Gasteiger partial charge in [-0.25, -0.2) is 23.5 Å². The van der Waals surface area contributed by atoms with Gasteiger partial charge in [0, 0.05) is 12.5 Å². The number of aryl methyl sites for hydroxylation is 1. The highest BCUT2D eigenvalue weighted by atomic mass is 16.2. The van der Waals surface area contributed by atoms with Gasteiger partial charge in [0.05, 0.1) is 17.0 Å². The van der Waals surface area contributed by atoms with Crippen LogP contribution in [-0.2, 0) is 24.4 Å². The van der Waals surface area contributed by atoms with Gasteiger partial charge in [0.1, 0.15) is 0 Å². The van der Waals surface area contributed by atoms with E-state index in [1.54, 1.807) is 16.4 Å². The van der Waals surface area contributed by atoms with Gasteiger partial charge in [-0.2, -0.15) is 0 Å². The second kappa shape index (κ2) is 3.66. The molecule has 0 saturated carbocycles. The maximum atomic E-state index is 12.9. The molecular formula is C20H19N3O2. The number of benzene rings is 1. The maximum absolute atomic E-state index is 12.9. The van der Waals surface area contributed by atoms with Crippen LogP contribution < -0.4 is 11.4 Å². The number of hydrogen-bond donors (Lipinski definition) is 0. The van der Waals surface area contributed by atoms with Crippen molar-refractivity contribution in [2.45, 2.75) is 36.8 Å². The standard InChI is InChI=1S/C20H19N3O2/c1-18-9-8-15(22-16(24)21(2)17(25)23(18)22)19-10-7-13-5-3-4-6-14(13)20(18,19)12-11-19/h3-6,8-9,11-12,15H,7,10H2,1-2H3/t15-,18+,19-,20-/m0/s1. The molecule has 4 atom stereocenters. The SMILES string of the molecule is Cn1c(=O)n2n(c1=O)[C@]1(C)C=C[C@H]2[C@]23C=C[C@]12c1ccccc1CC3. The van der Waals surface area contributed by atoms with E-state index in [2.05, 4.69) is 55.5 Å². The van der Waals surface area contributed by atoms with Crippen molar-refractivity contribution in [2.75, 3.05) is 0 Å². The smallest absolute Gasteiger partial charge is 0.246 e. The van der Waals surface area contributed by atoms with Crippen LogP contribution >= 0.6 is 0 Å². The summed E-state index contributed by atoms with van der Waals surface area (Å²) in [4.78, 5) is 25.7. The lowest BCUT2D eigenvalue weighted by Gasteiger charge is -2.71. The summed E-state index contributed by atoms with van der Waals surface area (Å²) in [5.41, 5.74) is 1.28. The minimum absolute atomic E-state index is 0.103. The Morgan fingerprint density at radius 3 is 2.64 bits per heavy atom. The quantitative estimate of drug-likeness (QED) is 0.688. The maximum Gasteiger partial charge on any atom is 0.347 e. The van der Waals surface area contributed by atoms with Gasteiger partial charge in [-0.3, -0.25) is 0 Å². The van der Waals surface area contributed by atoms with Crippen molar-refractivity contribution in [1.82, 2.24) is 13.9 Å². The molecule has 0 unspecified atom stereocenters. The molecule has 7 rings (SSSR count). The van der Waals surface area contributed by atoms with Crippen LogP contribution in [0.4, 0.5) is 0 Å². The van der Waals surface area contributed by atoms with E-state index in [1.807, 2.05) is 0 Å². The Kier molecular flexibility index (Phi) is 2.01. The number of aromatic nitrogens is 3. The topological polar surface area (TPSA) is 48.9 Å². The van der Waals surface area contributed by atoms with E-state index >= 15 is 0 Å². The van der Waals surface area contributed by atoms with Crippen LogP contribution in [0, 0.1) is 5.41 Å². The minimum Gasteiger partial charge on any atom is -0.246 e. The molecule has 0 spiro atoms. The van der Waals surface area contributed by atoms with Gasteiger partial charge in [0.2, 0.25) is 0 Å². The molecule has 1 aromatic carbocycles. The van der Waals surface area contributed by atoms with Gasteiger partial charge in [-0.15, -0.1) is 0 Å². The first-order valence-corrected chi connectivity index (χ1v) is 8.87. The first kappa shape index (κ1) is 13.7. The monoisotopic (exact) mass is 333 g/mol. The summed E-state index contributed by atoms with van der Waals surface area (Å²) in [6.45, 7) is 2.11. The molecule has 5 nitrogen and oxygen atoms in total. The third kappa shape index (κ3) is 1.06. The minimum atomic E-state index is -0.579. The molecular weight excluding hydrogens is 314 g/mol. The van der Waals surface area contributed by atoms with E-state index in [4.69, 9.17) is 0 Å². The molecule has 2 bridgehead atoms. The summed E-state index contributed by atoms with van der Waals surface area (Å²) in [7, 11) is 1.58. The van der Waals surface area contributed by atoms with Crippen LogP contribution in [-0.4, -0.2) is 13.9 Å². The highest BCUT2D eigenvalue weighted by molar-refractivity contribution is 5.59. The Morgan fingerprint density at radius 2 is 1.88 bits per heavy atom. The van der Waals surface area contributed by atoms with Crippen LogP contribution in [0.2, 0.25) is 0 Å². The summed E-state index contributed by atoms with van der Waals surface area (Å²) < 4.78 is 4.66. The number of fused-ring (bicyclic) bond motifs is 1. The lowest BCUT2D eigenvalue weighted by molar-refractivity contribution is -0.0557. The van der Waals surface area contributed by atoms with Gasteiger partial charge in [-0.1, -0.05) is 48.6 Å². The Hall–Kier alpha value is -2.56. The van der Waals surface area contributed by atoms with Crippen LogP contribution in [0.25, 0.3) is 0 Å². The van der Waals surface area contributed by atoms with Gasteiger partial charge < -0.3 is 0 Å². The zero-order chi connectivity index (χ0) is 17.2. The zero-order valence-electron chi connectivity index (χ0n) is 14.3. The van der Waals surface area contributed by atoms with Crippen molar-refractivity contribution in [3.63, 3.8) is 0 Å². The molecule has 5 aliphatic rings. The molecule has 0 saturated heterocycles. The number of rotatable bonds is 0. The molecule has 0 fully saturated rings. The Morgan fingerprint density at radius 1 is 1.08 bits per heavy atom. The van der Waals surface area contributed by atoms with Crippen LogP contribution in [0.15, 0.2) is 58.2 Å². The summed E-state index contributed by atoms with van der Waals surface area (Å²) in [5.74, 6) is 0. The highest BCUT2D eigenvalue weighted by Gasteiger charge is 2.74. The van der Waals surface area contributed by atoms with Crippen molar-refractivity contribution in [1.29, 1.82) is 0 Å². The molecule has 2 aromatic rings. The lowest BCUT2D eigenvalue weighted by atomic mass is 9.37. The second-order valence-corrected chi connectivity index (χ2v) is 8.07. The molecule has 3 aliphatic carbocycles. The molecule has 25 heavy (non-hydrogen) atoms. The fourth-order valence-electron chi connectivity index (χ4n) is 6.28. The van der Waals surface area contributed by atoms with E-state index in [0.717, 1.165) is 12.8 Å². The van der Waals surface area contributed by atoms with E-state index in [9.17, 15) is 9.59 Å². The summed E-state index contributed by atoms with van der Waals surface area (Å²) in [5, 5.41) is 0. The van der Waals surface area contributed by atoms with Crippen molar-refractivity contribution in [2.24, 2.45) is 12.5 Å². The van der Waals surface area contributed by atoms with Crippen LogP contribution in [0.3, 0.4) is 0 Å². The Balaban J connectivity index is 1.82. The molecule has 2 aliphatic heterocycles. The normalized spacial score (nSPS) is 38.6. The summed E-state index contributed by atoms with van der Waals surface area (Å²) in [6.07, 6.45) is 10.9. The van der Waals surface area contributed by atoms with Gasteiger partial charge in [0.25, 0.3) is 0 Å². The predicted molar refractivity (Wildman–Crippen MR) is 93.8 cm³/mol. The van der Waals surface area contributed by atoms with Crippen LogP contribution in [0.5, 0.6) is 0 Å². The lowest BCUT2D eigenvalue weighted by Crippen LogP contribution is -2.74. The molecule has 0 amide bonds. The predicted octanol–water partition coefficient (Wildman–Crippen LogP) is 1.63. The van der Waals surface area contributed by atoms with Gasteiger partial charge in [-0.05, 0) is 30.9 Å². The first-order chi connectivity index (χ1) is 12.0. The third-order valence-electron chi connectivity index (χ3n) is 7.41. The molecule has 126 valence electrons. The first-order valence-electron chi connectivity index (χ1n) is 8.87. The summed E-state index contributed by atoms with van der Waals surface area (Å²) in [6, 6.07) is 8.49. The van der Waals surface area contributed by atoms with E-state index in [0.29, 0.717) is 0 Å². The number of allylic oxidation sites excluding steroid dienone is 4. The highest BCUT2D eigenvalue weighted by Crippen LogP contribution is 2.72. The van der Waals surface area contributed by atoms with Gasteiger partial charge in [0.15, 0.2) is 0 Å². The van der Waals surface area contributed by atoms with E-state index in [1.165, 1.54) is 15.7 Å². The zero-order valence-corrected chi connectivity index (χ0v) is 14.3. The van der Waals surface area contributed by atoms with Crippen molar-refractivity contribution in [3.8, 4) is 0 Å². The van der Waals surface area contributed by atoms with E-state index < -0.39 is 5.54 Å². The largest absolute Gasteiger partial charge is 0.347 e. The van der Waals surface area contributed by atoms with Crippen LogP contribution in [0.1, 0.15) is 30.5 Å². The average molecular weight is 333 g/mol. The summed E-state index contributed by atoms with van der Waals surface area (Å²) >= 11 is 0. The molecule has 5 heteroatoms. The van der Waals surface area contributed by atoms with Gasteiger partial charge >= 0.3 is 11.4 Å². The number of nitrogens with zero attached hydrogens (tertiary/aromatic N) is 3. The van der Waals surface area contributed by atoms with Crippen molar-refractivity contribution < 1.29 is 0 Å². The fraction of sp³-hybridized carbons (Fsp3) is 0.400. The Bertz CT molecular complexity index is 1150. The molecule has 0 N–H and O–H groups in total. The molecule has 1 aromatic heterocycles. The molecule has 0 radical (unpaired) electrons. The second-order valence-electron chi connectivity index (χ2n) is 8.07. The van der Waals surface area contributed by atoms with Crippen molar-refractivity contribution >= 4 is 0 Å². The van der Waals surface area contributed by atoms with Crippen molar-refractivity contribution in [3.05, 3.63) is 80.7 Å². The third-order valence-corrected chi connectivity index (χ3v) is 7.41. The average Bonchev–Trinajstić information content (AvgIpc) is 2.82. The number of hydrogen-bond acceptors (Lipinski definition) is 2. The molecule has 3 heterocycles. The van der Waals surface area contributed by atoms with E-state index in [-0.39, 0.29) is 28.3 Å². The fourth-order valence-corrected chi connectivity index (χ4v) is 6.28.